The van der Waals surface area contributed by atoms with Crippen molar-refractivity contribution in [2.75, 3.05) is 12.9 Å². The van der Waals surface area contributed by atoms with E-state index in [-0.39, 0.29) is 30.0 Å². The molecule has 0 saturated heterocycles. The highest BCUT2D eigenvalue weighted by Gasteiger charge is 2.19. The molecule has 0 fully saturated rings. The van der Waals surface area contributed by atoms with Crippen molar-refractivity contribution in [1.29, 1.82) is 0 Å². The maximum absolute atomic E-state index is 14.7. The van der Waals surface area contributed by atoms with E-state index in [1.165, 1.54) is 17.8 Å². The predicted octanol–water partition coefficient (Wildman–Crippen LogP) is 4.96. The normalized spacial score (nSPS) is 11.6. The highest BCUT2D eigenvalue weighted by molar-refractivity contribution is 7.99. The van der Waals surface area contributed by atoms with Crippen molar-refractivity contribution in [2.45, 2.75) is 24.7 Å². The smallest absolute Gasteiger partial charge is 0.230 e. The van der Waals surface area contributed by atoms with Gasteiger partial charge in [-0.25, -0.2) is 4.39 Å². The van der Waals surface area contributed by atoms with Crippen molar-refractivity contribution in [1.82, 2.24) is 20.1 Å². The van der Waals surface area contributed by atoms with Crippen LogP contribution in [0.4, 0.5) is 4.39 Å². The predicted molar refractivity (Wildman–Crippen MR) is 132 cm³/mol. The van der Waals surface area contributed by atoms with E-state index in [1.807, 2.05) is 37.3 Å². The zero-order valence-electron chi connectivity index (χ0n) is 19.3. The highest BCUT2D eigenvalue weighted by Crippen LogP contribution is 2.25. The molecule has 7 nitrogen and oxygen atoms in total. The van der Waals surface area contributed by atoms with Gasteiger partial charge in [0, 0.05) is 0 Å². The number of carbonyl (C=O) groups is 1. The Bertz CT molecular complexity index is 1270. The quantitative estimate of drug-likeness (QED) is 0.315. The minimum Gasteiger partial charge on any atom is -0.497 e. The first-order valence-electron chi connectivity index (χ1n) is 11.0. The van der Waals surface area contributed by atoms with Crippen molar-refractivity contribution in [3.63, 3.8) is 0 Å². The fraction of sp³-hybridized carbons (Fsp3) is 0.192. The summed E-state index contributed by atoms with van der Waals surface area (Å²) in [5, 5.41) is 11.8. The Morgan fingerprint density at radius 1 is 1.00 bits per heavy atom. The summed E-state index contributed by atoms with van der Waals surface area (Å²) >= 11 is 1.18. The molecule has 0 bridgehead atoms. The number of amides is 1. The molecule has 9 heteroatoms. The van der Waals surface area contributed by atoms with Gasteiger partial charge < -0.3 is 14.8 Å². The van der Waals surface area contributed by atoms with Gasteiger partial charge in [-0.3, -0.25) is 9.36 Å². The second-order valence-corrected chi connectivity index (χ2v) is 8.58. The van der Waals surface area contributed by atoms with Crippen LogP contribution in [-0.4, -0.2) is 33.5 Å². The van der Waals surface area contributed by atoms with E-state index in [0.717, 1.165) is 5.56 Å². The summed E-state index contributed by atoms with van der Waals surface area (Å²) in [7, 11) is 1.59. The van der Waals surface area contributed by atoms with Crippen molar-refractivity contribution in [2.24, 2.45) is 0 Å². The Labute approximate surface area is 207 Å². The second-order valence-electron chi connectivity index (χ2n) is 7.64. The lowest BCUT2D eigenvalue weighted by molar-refractivity contribution is -0.119. The first-order chi connectivity index (χ1) is 17.0. The van der Waals surface area contributed by atoms with E-state index in [4.69, 9.17) is 9.47 Å². The van der Waals surface area contributed by atoms with Gasteiger partial charge in [0.05, 0.1) is 24.6 Å². The maximum atomic E-state index is 14.7. The Morgan fingerprint density at radius 2 is 1.69 bits per heavy atom. The number of nitrogens with zero attached hydrogens (tertiary/aromatic N) is 3. The summed E-state index contributed by atoms with van der Waals surface area (Å²) in [4.78, 5) is 12.6. The molecule has 0 aliphatic rings. The molecule has 0 aliphatic heterocycles. The SMILES string of the molecule is COc1ccc(OCc2nnc(SCC(=O)NC(C)c3ccccc3)n2-c2ccccc2F)cc1. The Hall–Kier alpha value is -3.85. The minimum absolute atomic E-state index is 0.0610. The molecule has 0 radical (unpaired) electrons. The number of methoxy groups -OCH3 is 1. The van der Waals surface area contributed by atoms with Crippen LogP contribution in [-0.2, 0) is 11.4 Å². The zero-order chi connectivity index (χ0) is 24.6. The molecule has 0 saturated carbocycles. The van der Waals surface area contributed by atoms with E-state index in [1.54, 1.807) is 54.1 Å². The number of benzene rings is 3. The average Bonchev–Trinajstić information content (AvgIpc) is 3.29. The molecule has 1 unspecified atom stereocenters. The van der Waals surface area contributed by atoms with Crippen molar-refractivity contribution < 1.29 is 18.7 Å². The number of carbonyl (C=O) groups excluding carboxylic acids is 1. The lowest BCUT2D eigenvalue weighted by Crippen LogP contribution is -2.28. The largest absolute Gasteiger partial charge is 0.497 e. The van der Waals surface area contributed by atoms with Crippen LogP contribution >= 0.6 is 11.8 Å². The van der Waals surface area contributed by atoms with Crippen LogP contribution in [0, 0.1) is 5.82 Å². The number of hydrogen-bond acceptors (Lipinski definition) is 6. The molecular formula is C26H25FN4O3S. The summed E-state index contributed by atoms with van der Waals surface area (Å²) in [5.74, 6) is 1.24. The molecular weight excluding hydrogens is 467 g/mol. The number of nitrogens with one attached hydrogen (secondary N) is 1. The summed E-state index contributed by atoms with van der Waals surface area (Å²) in [6, 6.07) is 23.0. The molecule has 35 heavy (non-hydrogen) atoms. The Balaban J connectivity index is 1.49. The third-order valence-corrected chi connectivity index (χ3v) is 6.16. The number of para-hydroxylation sites is 1. The number of ether oxygens (including phenoxy) is 2. The molecule has 4 rings (SSSR count). The average molecular weight is 493 g/mol. The van der Waals surface area contributed by atoms with Crippen molar-refractivity contribution in [3.05, 3.63) is 96.1 Å². The lowest BCUT2D eigenvalue weighted by Gasteiger charge is -2.14. The van der Waals surface area contributed by atoms with Crippen LogP contribution in [0.3, 0.4) is 0 Å². The van der Waals surface area contributed by atoms with Crippen LogP contribution in [0.2, 0.25) is 0 Å². The van der Waals surface area contributed by atoms with Gasteiger partial charge in [-0.15, -0.1) is 10.2 Å². The first-order valence-corrected chi connectivity index (χ1v) is 12.0. The van der Waals surface area contributed by atoms with Crippen LogP contribution in [0.15, 0.2) is 84.0 Å². The van der Waals surface area contributed by atoms with Crippen molar-refractivity contribution in [3.8, 4) is 17.2 Å². The van der Waals surface area contributed by atoms with E-state index in [0.29, 0.717) is 22.5 Å². The second kappa shape index (κ2) is 11.5. The van der Waals surface area contributed by atoms with E-state index in [2.05, 4.69) is 15.5 Å². The van der Waals surface area contributed by atoms with Gasteiger partial charge in [0.25, 0.3) is 0 Å². The van der Waals surface area contributed by atoms with E-state index < -0.39 is 5.82 Å². The monoisotopic (exact) mass is 492 g/mol. The van der Waals surface area contributed by atoms with Crippen molar-refractivity contribution >= 4 is 17.7 Å². The van der Waals surface area contributed by atoms with Crippen LogP contribution in [0.5, 0.6) is 11.5 Å². The molecule has 0 aliphatic carbocycles. The van der Waals surface area contributed by atoms with Gasteiger partial charge in [0.1, 0.15) is 23.9 Å². The lowest BCUT2D eigenvalue weighted by atomic mass is 10.1. The molecule has 1 aromatic heterocycles. The fourth-order valence-electron chi connectivity index (χ4n) is 3.42. The van der Waals surface area contributed by atoms with Gasteiger partial charge in [-0.05, 0) is 48.9 Å². The summed E-state index contributed by atoms with van der Waals surface area (Å²) in [6.45, 7) is 1.99. The van der Waals surface area contributed by atoms with E-state index >= 15 is 0 Å². The van der Waals surface area contributed by atoms with Crippen LogP contribution in [0.1, 0.15) is 24.4 Å². The molecule has 1 N–H and O–H groups in total. The summed E-state index contributed by atoms with van der Waals surface area (Å²) in [6.07, 6.45) is 0. The summed E-state index contributed by atoms with van der Waals surface area (Å²) in [5.41, 5.74) is 1.30. The Morgan fingerprint density at radius 3 is 2.40 bits per heavy atom. The van der Waals surface area contributed by atoms with Crippen LogP contribution < -0.4 is 14.8 Å². The molecule has 180 valence electrons. The number of aromatic nitrogens is 3. The number of halogens is 1. The molecule has 4 aromatic rings. The molecule has 3 aromatic carbocycles. The standard InChI is InChI=1S/C26H25FN4O3S/c1-18(19-8-4-3-5-9-19)28-25(32)17-35-26-30-29-24(31(26)23-11-7-6-10-22(23)27)16-34-21-14-12-20(33-2)13-15-21/h3-15,18H,16-17H2,1-2H3,(H,28,32). The number of thioether (sulfide) groups is 1. The van der Waals surface area contributed by atoms with E-state index in [9.17, 15) is 9.18 Å². The summed E-state index contributed by atoms with van der Waals surface area (Å²) < 4.78 is 27.3. The number of rotatable bonds is 10. The minimum atomic E-state index is -0.429. The van der Waals surface area contributed by atoms with Gasteiger partial charge in [-0.1, -0.05) is 54.2 Å². The van der Waals surface area contributed by atoms with Gasteiger partial charge in [0.15, 0.2) is 11.0 Å². The van der Waals surface area contributed by atoms with Gasteiger partial charge in [-0.2, -0.15) is 0 Å². The van der Waals surface area contributed by atoms with Crippen LogP contribution in [0.25, 0.3) is 5.69 Å². The molecule has 1 amide bonds. The fourth-order valence-corrected chi connectivity index (χ4v) is 4.20. The van der Waals surface area contributed by atoms with Gasteiger partial charge >= 0.3 is 0 Å². The zero-order valence-corrected chi connectivity index (χ0v) is 20.2. The highest BCUT2D eigenvalue weighted by atomic mass is 32.2. The van der Waals surface area contributed by atoms with Gasteiger partial charge in [0.2, 0.25) is 5.91 Å². The molecule has 0 spiro atoms. The molecule has 1 heterocycles. The maximum Gasteiger partial charge on any atom is 0.230 e. The topological polar surface area (TPSA) is 78.3 Å². The number of hydrogen-bond donors (Lipinski definition) is 1. The third-order valence-electron chi connectivity index (χ3n) is 5.23. The molecule has 1 atom stereocenters. The third kappa shape index (κ3) is 6.19. The first kappa shape index (κ1) is 24.3. The Kier molecular flexibility index (Phi) is 7.99.